The van der Waals surface area contributed by atoms with Crippen LogP contribution in [-0.4, -0.2) is 22.4 Å². The largest absolute Gasteiger partial charge is 0.338 e. The Labute approximate surface area is 112 Å². The first kappa shape index (κ1) is 13.1. The third-order valence-corrected chi connectivity index (χ3v) is 2.72. The van der Waals surface area contributed by atoms with E-state index in [1.54, 1.807) is 10.9 Å². The topological polar surface area (TPSA) is 59.0 Å². The van der Waals surface area contributed by atoms with E-state index >= 15 is 0 Å². The molecule has 19 heavy (non-hydrogen) atoms. The van der Waals surface area contributed by atoms with Crippen molar-refractivity contribution in [3.05, 3.63) is 42.7 Å². The molecule has 0 spiro atoms. The smallest absolute Gasteiger partial charge is 0.319 e. The molecule has 0 aliphatic carbocycles. The van der Waals surface area contributed by atoms with Crippen molar-refractivity contribution in [1.29, 1.82) is 0 Å². The van der Waals surface area contributed by atoms with Crippen molar-refractivity contribution in [1.82, 2.24) is 15.1 Å². The van der Waals surface area contributed by atoms with Crippen LogP contribution in [0.5, 0.6) is 0 Å². The number of unbranched alkanes of at least 4 members (excludes halogenated alkanes) is 1. The summed E-state index contributed by atoms with van der Waals surface area (Å²) in [7, 11) is 0. The van der Waals surface area contributed by atoms with Gasteiger partial charge in [0.25, 0.3) is 0 Å². The van der Waals surface area contributed by atoms with E-state index < -0.39 is 0 Å². The number of hydrogen-bond donors (Lipinski definition) is 2. The summed E-state index contributed by atoms with van der Waals surface area (Å²) >= 11 is 0. The van der Waals surface area contributed by atoms with Gasteiger partial charge in [-0.15, -0.1) is 0 Å². The Hall–Kier alpha value is -2.30. The zero-order valence-electron chi connectivity index (χ0n) is 11.0. The number of nitrogens with one attached hydrogen (secondary N) is 2. The average molecular weight is 258 g/mol. The van der Waals surface area contributed by atoms with Crippen molar-refractivity contribution in [2.24, 2.45) is 0 Å². The summed E-state index contributed by atoms with van der Waals surface area (Å²) in [6, 6.07) is 9.22. The quantitative estimate of drug-likeness (QED) is 0.810. The number of rotatable bonds is 5. The second-order valence-electron chi connectivity index (χ2n) is 4.20. The lowest BCUT2D eigenvalue weighted by Crippen LogP contribution is -2.29. The van der Waals surface area contributed by atoms with Crippen LogP contribution in [-0.2, 0) is 0 Å². The molecular weight excluding hydrogens is 240 g/mol. The van der Waals surface area contributed by atoms with Gasteiger partial charge in [-0.25, -0.2) is 9.48 Å². The van der Waals surface area contributed by atoms with Crippen molar-refractivity contribution in [3.8, 4) is 5.69 Å². The standard InChI is InChI=1S/C14H18N4O/c1-2-3-9-15-14(19)17-12-7-4-5-8-13(12)18-11-6-10-16-18/h4-8,10-11H,2-3,9H2,1H3,(H2,15,17,19). The van der Waals surface area contributed by atoms with Crippen molar-refractivity contribution in [2.45, 2.75) is 19.8 Å². The molecule has 0 atom stereocenters. The summed E-state index contributed by atoms with van der Waals surface area (Å²) in [4.78, 5) is 11.8. The molecule has 1 heterocycles. The maximum absolute atomic E-state index is 11.8. The normalized spacial score (nSPS) is 10.2. The van der Waals surface area contributed by atoms with Crippen LogP contribution in [0.25, 0.3) is 5.69 Å². The first-order valence-corrected chi connectivity index (χ1v) is 6.45. The zero-order chi connectivity index (χ0) is 13.5. The molecule has 0 unspecified atom stereocenters. The Balaban J connectivity index is 2.06. The summed E-state index contributed by atoms with van der Waals surface area (Å²) in [5.74, 6) is 0. The predicted molar refractivity (Wildman–Crippen MR) is 75.5 cm³/mol. The van der Waals surface area contributed by atoms with Crippen LogP contribution in [0.4, 0.5) is 10.5 Å². The minimum Gasteiger partial charge on any atom is -0.338 e. The molecule has 0 radical (unpaired) electrons. The van der Waals surface area contributed by atoms with Crippen LogP contribution < -0.4 is 10.6 Å². The van der Waals surface area contributed by atoms with Gasteiger partial charge in [-0.3, -0.25) is 0 Å². The van der Waals surface area contributed by atoms with E-state index in [1.807, 2.05) is 36.5 Å². The molecule has 0 fully saturated rings. The lowest BCUT2D eigenvalue weighted by molar-refractivity contribution is 0.252. The summed E-state index contributed by atoms with van der Waals surface area (Å²) < 4.78 is 1.72. The second-order valence-corrected chi connectivity index (χ2v) is 4.20. The highest BCUT2D eigenvalue weighted by Gasteiger charge is 2.07. The molecule has 100 valence electrons. The zero-order valence-corrected chi connectivity index (χ0v) is 11.0. The van der Waals surface area contributed by atoms with E-state index in [9.17, 15) is 4.79 Å². The number of para-hydroxylation sites is 2. The molecule has 2 aromatic rings. The molecule has 0 aliphatic heterocycles. The molecule has 0 aliphatic rings. The van der Waals surface area contributed by atoms with E-state index in [0.29, 0.717) is 6.54 Å². The molecule has 1 aromatic carbocycles. The third kappa shape index (κ3) is 3.58. The molecule has 2 rings (SSSR count). The van der Waals surface area contributed by atoms with Crippen LogP contribution in [0, 0.1) is 0 Å². The van der Waals surface area contributed by atoms with E-state index in [2.05, 4.69) is 22.7 Å². The van der Waals surface area contributed by atoms with Gasteiger partial charge in [0.15, 0.2) is 0 Å². The van der Waals surface area contributed by atoms with Gasteiger partial charge in [0.2, 0.25) is 0 Å². The SMILES string of the molecule is CCCCNC(=O)Nc1ccccc1-n1cccn1. The fourth-order valence-corrected chi connectivity index (χ4v) is 1.74. The fourth-order valence-electron chi connectivity index (χ4n) is 1.74. The van der Waals surface area contributed by atoms with Gasteiger partial charge in [0.05, 0.1) is 11.4 Å². The second kappa shape index (κ2) is 6.58. The minimum absolute atomic E-state index is 0.187. The number of anilines is 1. The van der Waals surface area contributed by atoms with Gasteiger partial charge in [-0.1, -0.05) is 25.5 Å². The Kier molecular flexibility index (Phi) is 4.55. The molecule has 5 heteroatoms. The minimum atomic E-state index is -0.187. The maximum Gasteiger partial charge on any atom is 0.319 e. The molecule has 2 N–H and O–H groups in total. The summed E-state index contributed by atoms with van der Waals surface area (Å²) in [6.45, 7) is 2.78. The number of carbonyl (C=O) groups excluding carboxylic acids is 1. The Morgan fingerprint density at radius 2 is 2.16 bits per heavy atom. The number of nitrogens with zero attached hydrogens (tertiary/aromatic N) is 2. The highest BCUT2D eigenvalue weighted by atomic mass is 16.2. The number of carbonyl (C=O) groups is 1. The van der Waals surface area contributed by atoms with Crippen molar-refractivity contribution in [2.75, 3.05) is 11.9 Å². The monoisotopic (exact) mass is 258 g/mol. The Bertz CT molecular complexity index is 522. The van der Waals surface area contributed by atoms with Gasteiger partial charge in [-0.2, -0.15) is 5.10 Å². The van der Waals surface area contributed by atoms with E-state index in [4.69, 9.17) is 0 Å². The molecule has 0 bridgehead atoms. The number of hydrogen-bond acceptors (Lipinski definition) is 2. The highest BCUT2D eigenvalue weighted by Crippen LogP contribution is 2.18. The maximum atomic E-state index is 11.8. The Morgan fingerprint density at radius 1 is 1.32 bits per heavy atom. The summed E-state index contributed by atoms with van der Waals surface area (Å²) in [5.41, 5.74) is 1.58. The van der Waals surface area contributed by atoms with E-state index in [-0.39, 0.29) is 6.03 Å². The van der Waals surface area contributed by atoms with Gasteiger partial charge >= 0.3 is 6.03 Å². The van der Waals surface area contributed by atoms with Crippen LogP contribution in [0.3, 0.4) is 0 Å². The average Bonchev–Trinajstić information content (AvgIpc) is 2.93. The van der Waals surface area contributed by atoms with Crippen LogP contribution in [0.2, 0.25) is 0 Å². The molecule has 5 nitrogen and oxygen atoms in total. The van der Waals surface area contributed by atoms with Crippen molar-refractivity contribution >= 4 is 11.7 Å². The van der Waals surface area contributed by atoms with Crippen molar-refractivity contribution in [3.63, 3.8) is 0 Å². The first-order chi connectivity index (χ1) is 9.31. The number of benzene rings is 1. The van der Waals surface area contributed by atoms with Crippen LogP contribution in [0.15, 0.2) is 42.7 Å². The van der Waals surface area contributed by atoms with E-state index in [1.165, 1.54) is 0 Å². The summed E-state index contributed by atoms with van der Waals surface area (Å²) in [5, 5.41) is 9.85. The summed E-state index contributed by atoms with van der Waals surface area (Å²) in [6.07, 6.45) is 5.59. The molecule has 1 aromatic heterocycles. The number of urea groups is 1. The number of amides is 2. The third-order valence-electron chi connectivity index (χ3n) is 2.72. The predicted octanol–water partition coefficient (Wildman–Crippen LogP) is 2.79. The lowest BCUT2D eigenvalue weighted by atomic mass is 10.2. The van der Waals surface area contributed by atoms with Crippen LogP contribution >= 0.6 is 0 Å². The van der Waals surface area contributed by atoms with Crippen molar-refractivity contribution < 1.29 is 4.79 Å². The fraction of sp³-hybridized carbons (Fsp3) is 0.286. The molecule has 2 amide bonds. The van der Waals surface area contributed by atoms with Gasteiger partial charge in [0, 0.05) is 18.9 Å². The molecule has 0 saturated carbocycles. The van der Waals surface area contributed by atoms with E-state index in [0.717, 1.165) is 24.2 Å². The van der Waals surface area contributed by atoms with Gasteiger partial charge in [0.1, 0.15) is 0 Å². The molecular formula is C14H18N4O. The highest BCUT2D eigenvalue weighted by molar-refractivity contribution is 5.91. The van der Waals surface area contributed by atoms with Gasteiger partial charge < -0.3 is 10.6 Å². The van der Waals surface area contributed by atoms with Crippen LogP contribution in [0.1, 0.15) is 19.8 Å². The molecule has 0 saturated heterocycles. The first-order valence-electron chi connectivity index (χ1n) is 6.45. The number of aromatic nitrogens is 2. The van der Waals surface area contributed by atoms with Gasteiger partial charge in [-0.05, 0) is 24.6 Å². The Morgan fingerprint density at radius 3 is 2.89 bits per heavy atom. The lowest BCUT2D eigenvalue weighted by Gasteiger charge is -2.11.